The molecule has 1 N–H and O–H groups in total. The molecule has 0 spiro atoms. The number of aromatic carboxylic acids is 1. The number of alkyl halides is 3. The summed E-state index contributed by atoms with van der Waals surface area (Å²) in [5.74, 6) is -2.47. The lowest BCUT2D eigenvalue weighted by atomic mass is 10.0. The fourth-order valence-corrected chi connectivity index (χ4v) is 3.54. The topological polar surface area (TPSA) is 126 Å². The highest BCUT2D eigenvalue weighted by molar-refractivity contribution is 6.34. The molecule has 2 aromatic carbocycles. The first-order chi connectivity index (χ1) is 16.9. The highest BCUT2D eigenvalue weighted by Gasteiger charge is 2.47. The van der Waals surface area contributed by atoms with Gasteiger partial charge in [0.2, 0.25) is 0 Å². The van der Waals surface area contributed by atoms with Crippen molar-refractivity contribution in [2.45, 2.75) is 20.0 Å². The summed E-state index contributed by atoms with van der Waals surface area (Å²) in [5.41, 5.74) is -1.14. The predicted octanol–water partition coefficient (Wildman–Crippen LogP) is 5.52. The number of carboxylic acid groups (broad SMARTS) is 1. The lowest BCUT2D eigenvalue weighted by Crippen LogP contribution is -2.25. The SMILES string of the molecule is Cc1cc(-c2ccc(C=C3C(=O)N(c4ccc(C(=O)O)cc4)N=C3C(F)(F)F)o2)c([N+](=O)[O-])cc1C. The van der Waals surface area contributed by atoms with Crippen LogP contribution in [0.25, 0.3) is 17.4 Å². The van der Waals surface area contributed by atoms with Gasteiger partial charge in [-0.1, -0.05) is 0 Å². The summed E-state index contributed by atoms with van der Waals surface area (Å²) < 4.78 is 46.7. The Balaban J connectivity index is 1.74. The average Bonchev–Trinajstić information content (AvgIpc) is 3.40. The quantitative estimate of drug-likeness (QED) is 0.280. The van der Waals surface area contributed by atoms with E-state index in [-0.39, 0.29) is 34.0 Å². The largest absolute Gasteiger partial charge is 0.478 e. The lowest BCUT2D eigenvalue weighted by Gasteiger charge is -2.11. The van der Waals surface area contributed by atoms with Gasteiger partial charge in [-0.05, 0) is 73.5 Å². The number of rotatable bonds is 5. The summed E-state index contributed by atoms with van der Waals surface area (Å²) in [4.78, 5) is 34.8. The van der Waals surface area contributed by atoms with Crippen LogP contribution in [0.1, 0.15) is 27.2 Å². The first-order valence-corrected chi connectivity index (χ1v) is 10.3. The molecule has 2 heterocycles. The third-order valence-electron chi connectivity index (χ3n) is 5.49. The molecule has 0 bridgehead atoms. The Hall–Kier alpha value is -4.74. The molecule has 36 heavy (non-hydrogen) atoms. The third-order valence-corrected chi connectivity index (χ3v) is 5.49. The number of hydrogen-bond acceptors (Lipinski definition) is 6. The first kappa shape index (κ1) is 24.4. The van der Waals surface area contributed by atoms with Gasteiger partial charge in [-0.25, -0.2) is 4.79 Å². The van der Waals surface area contributed by atoms with Crippen LogP contribution in [0, 0.1) is 24.0 Å². The second-order valence-electron chi connectivity index (χ2n) is 7.89. The van der Waals surface area contributed by atoms with Crippen molar-refractivity contribution in [2.24, 2.45) is 5.10 Å². The molecular weight excluding hydrogens is 483 g/mol. The van der Waals surface area contributed by atoms with E-state index >= 15 is 0 Å². The molecule has 0 saturated heterocycles. The van der Waals surface area contributed by atoms with Gasteiger partial charge in [0.05, 0.1) is 27.3 Å². The molecule has 0 saturated carbocycles. The molecular formula is C24H16F3N3O6. The zero-order valence-electron chi connectivity index (χ0n) is 18.7. The number of carbonyl (C=O) groups excluding carboxylic acids is 1. The molecule has 184 valence electrons. The Labute approximate surface area is 200 Å². The van der Waals surface area contributed by atoms with Crippen molar-refractivity contribution in [3.05, 3.63) is 86.7 Å². The highest BCUT2D eigenvalue weighted by Crippen LogP contribution is 2.36. The van der Waals surface area contributed by atoms with Crippen LogP contribution in [-0.2, 0) is 4.79 Å². The van der Waals surface area contributed by atoms with Crippen LogP contribution in [0.3, 0.4) is 0 Å². The van der Waals surface area contributed by atoms with Crippen LogP contribution in [0.4, 0.5) is 24.5 Å². The summed E-state index contributed by atoms with van der Waals surface area (Å²) in [7, 11) is 0. The van der Waals surface area contributed by atoms with Crippen molar-refractivity contribution in [2.75, 3.05) is 5.01 Å². The Kier molecular flexibility index (Phi) is 5.96. The summed E-state index contributed by atoms with van der Waals surface area (Å²) in [5, 5.41) is 24.4. The number of nitrogens with zero attached hydrogens (tertiary/aromatic N) is 3. The molecule has 12 heteroatoms. The number of benzene rings is 2. The van der Waals surface area contributed by atoms with Gasteiger partial charge in [-0.3, -0.25) is 14.9 Å². The number of aryl methyl sites for hydroxylation is 2. The number of halogens is 3. The first-order valence-electron chi connectivity index (χ1n) is 10.3. The number of carboxylic acids is 1. The fourth-order valence-electron chi connectivity index (χ4n) is 3.54. The van der Waals surface area contributed by atoms with Crippen LogP contribution < -0.4 is 5.01 Å². The molecule has 0 radical (unpaired) electrons. The summed E-state index contributed by atoms with van der Waals surface area (Å²) >= 11 is 0. The van der Waals surface area contributed by atoms with Gasteiger partial charge >= 0.3 is 12.1 Å². The van der Waals surface area contributed by atoms with E-state index < -0.39 is 34.3 Å². The van der Waals surface area contributed by atoms with Crippen molar-refractivity contribution in [3.63, 3.8) is 0 Å². The minimum atomic E-state index is -4.99. The molecule has 0 fully saturated rings. The number of nitro benzene ring substituents is 1. The van der Waals surface area contributed by atoms with Gasteiger partial charge in [0.1, 0.15) is 11.5 Å². The Morgan fingerprint density at radius 1 is 1.11 bits per heavy atom. The number of carbonyl (C=O) groups is 2. The molecule has 1 aliphatic heterocycles. The molecule has 0 atom stereocenters. The van der Waals surface area contributed by atoms with E-state index in [0.717, 1.165) is 35.9 Å². The van der Waals surface area contributed by atoms with Crippen LogP contribution in [-0.4, -0.2) is 33.8 Å². The van der Waals surface area contributed by atoms with Crippen molar-refractivity contribution < 1.29 is 37.2 Å². The van der Waals surface area contributed by atoms with Gasteiger partial charge in [0.25, 0.3) is 11.6 Å². The standard InChI is InChI=1S/C24H16F3N3O6/c1-12-9-17(19(30(34)35)10-13(12)2)20-8-7-16(36-20)11-18-21(24(25,26)27)28-29(22(18)31)15-5-3-14(4-6-15)23(32)33/h3-11H,1-2H3,(H,32,33). The maximum atomic E-state index is 13.7. The molecule has 0 aliphatic carbocycles. The van der Waals surface area contributed by atoms with Crippen LogP contribution in [0.15, 0.2) is 63.6 Å². The zero-order valence-corrected chi connectivity index (χ0v) is 18.7. The summed E-state index contributed by atoms with van der Waals surface area (Å²) in [6.45, 7) is 3.45. The average molecular weight is 499 g/mol. The van der Waals surface area contributed by atoms with E-state index in [1.165, 1.54) is 24.3 Å². The Morgan fingerprint density at radius 3 is 2.33 bits per heavy atom. The van der Waals surface area contributed by atoms with Gasteiger partial charge in [0, 0.05) is 6.07 Å². The number of amides is 1. The van der Waals surface area contributed by atoms with E-state index in [9.17, 15) is 32.9 Å². The van der Waals surface area contributed by atoms with Crippen LogP contribution in [0.5, 0.6) is 0 Å². The second-order valence-corrected chi connectivity index (χ2v) is 7.89. The van der Waals surface area contributed by atoms with Gasteiger partial charge in [-0.2, -0.15) is 23.3 Å². The van der Waals surface area contributed by atoms with E-state index in [2.05, 4.69) is 5.10 Å². The normalized spacial score (nSPS) is 14.9. The van der Waals surface area contributed by atoms with Crippen molar-refractivity contribution in [1.82, 2.24) is 0 Å². The third kappa shape index (κ3) is 4.48. The number of hydrogen-bond donors (Lipinski definition) is 1. The molecule has 0 unspecified atom stereocenters. The van der Waals surface area contributed by atoms with Gasteiger partial charge in [0.15, 0.2) is 5.71 Å². The number of furan rings is 1. The monoisotopic (exact) mass is 499 g/mol. The van der Waals surface area contributed by atoms with Crippen molar-refractivity contribution in [3.8, 4) is 11.3 Å². The molecule has 1 amide bonds. The molecule has 3 aromatic rings. The number of nitro groups is 1. The van der Waals surface area contributed by atoms with Crippen LogP contribution >= 0.6 is 0 Å². The smallest absolute Gasteiger partial charge is 0.435 e. The van der Waals surface area contributed by atoms with E-state index in [0.29, 0.717) is 10.6 Å². The molecule has 9 nitrogen and oxygen atoms in total. The summed E-state index contributed by atoms with van der Waals surface area (Å²) in [6.07, 6.45) is -4.13. The molecule has 1 aromatic heterocycles. The maximum Gasteiger partial charge on any atom is 0.435 e. The second kappa shape index (κ2) is 8.80. The number of anilines is 1. The van der Waals surface area contributed by atoms with Crippen molar-refractivity contribution >= 4 is 35.0 Å². The fraction of sp³-hybridized carbons (Fsp3) is 0.125. The van der Waals surface area contributed by atoms with E-state index in [1.807, 2.05) is 0 Å². The Bertz CT molecular complexity index is 1470. The Morgan fingerprint density at radius 2 is 1.75 bits per heavy atom. The van der Waals surface area contributed by atoms with E-state index in [4.69, 9.17) is 9.52 Å². The zero-order chi connectivity index (χ0) is 26.4. The predicted molar refractivity (Wildman–Crippen MR) is 123 cm³/mol. The minimum absolute atomic E-state index is 0.0358. The van der Waals surface area contributed by atoms with Gasteiger partial charge < -0.3 is 9.52 Å². The maximum absolute atomic E-state index is 13.7. The van der Waals surface area contributed by atoms with Crippen molar-refractivity contribution in [1.29, 1.82) is 0 Å². The molecule has 1 aliphatic rings. The van der Waals surface area contributed by atoms with E-state index in [1.54, 1.807) is 13.8 Å². The van der Waals surface area contributed by atoms with Gasteiger partial charge in [-0.15, -0.1) is 0 Å². The summed E-state index contributed by atoms with van der Waals surface area (Å²) in [6, 6.07) is 10.1. The van der Waals surface area contributed by atoms with Crippen LogP contribution in [0.2, 0.25) is 0 Å². The minimum Gasteiger partial charge on any atom is -0.478 e. The number of hydrazone groups is 1. The molecule has 4 rings (SSSR count). The lowest BCUT2D eigenvalue weighted by molar-refractivity contribution is -0.384. The highest BCUT2D eigenvalue weighted by atomic mass is 19.4.